The van der Waals surface area contributed by atoms with Crippen LogP contribution in [0, 0.1) is 11.8 Å². The number of thiazole rings is 1. The fourth-order valence-electron chi connectivity index (χ4n) is 3.30. The molecule has 6 atom stereocenters. The summed E-state index contributed by atoms with van der Waals surface area (Å²) >= 11 is 5.48. The Hall–Kier alpha value is -0.490. The Morgan fingerprint density at radius 1 is 1.31 bits per heavy atom. The van der Waals surface area contributed by atoms with Crippen molar-refractivity contribution in [3.8, 4) is 0 Å². The molecule has 2 heterocycles. The Morgan fingerprint density at radius 2 is 2.12 bits per heavy atom. The minimum atomic E-state index is 0.469. The molecule has 2 unspecified atom stereocenters. The summed E-state index contributed by atoms with van der Waals surface area (Å²) in [6.07, 6.45) is 3.09. The van der Waals surface area contributed by atoms with E-state index >= 15 is 0 Å². The molecule has 2 bridgehead atoms. The molecule has 0 spiro atoms. The molecule has 3 aliphatic rings. The summed E-state index contributed by atoms with van der Waals surface area (Å²) in [6, 6.07) is 1.46. The summed E-state index contributed by atoms with van der Waals surface area (Å²) in [6.45, 7) is 0. The third-order valence-electron chi connectivity index (χ3n) is 4.04. The molecule has 84 valence electrons. The van der Waals surface area contributed by atoms with Crippen LogP contribution in [0.2, 0.25) is 0 Å². The highest BCUT2D eigenvalue weighted by Gasteiger charge is 2.61. The Balaban J connectivity index is 1.59. The number of rotatable bonds is 2. The molecule has 4 rings (SSSR count). The van der Waals surface area contributed by atoms with Crippen LogP contribution in [0.15, 0.2) is 21.8 Å². The number of anilines is 1. The first-order chi connectivity index (χ1) is 7.84. The highest BCUT2D eigenvalue weighted by molar-refractivity contribution is 9.09. The Labute approximate surface area is 106 Å². The number of nitrogens with one attached hydrogen (secondary N) is 1. The Bertz CT molecular complexity index is 434. The van der Waals surface area contributed by atoms with Gasteiger partial charge in [0.1, 0.15) is 6.04 Å². The van der Waals surface area contributed by atoms with Gasteiger partial charge in [0, 0.05) is 34.3 Å². The Morgan fingerprint density at radius 3 is 2.81 bits per heavy atom. The van der Waals surface area contributed by atoms with Crippen molar-refractivity contribution in [1.29, 1.82) is 0 Å². The molecule has 1 aromatic heterocycles. The second kappa shape index (κ2) is 3.26. The molecule has 4 nitrogen and oxygen atoms in total. The third kappa shape index (κ3) is 1.12. The van der Waals surface area contributed by atoms with Gasteiger partial charge in [-0.2, -0.15) is 10.2 Å². The van der Waals surface area contributed by atoms with Gasteiger partial charge in [-0.1, -0.05) is 15.9 Å². The van der Waals surface area contributed by atoms with Gasteiger partial charge in [-0.25, -0.2) is 4.98 Å². The van der Waals surface area contributed by atoms with Crippen molar-refractivity contribution >= 4 is 32.4 Å². The zero-order valence-electron chi connectivity index (χ0n) is 8.45. The lowest BCUT2D eigenvalue weighted by molar-refractivity contribution is 0.277. The number of alkyl halides is 1. The summed E-state index contributed by atoms with van der Waals surface area (Å²) in [5.41, 5.74) is 0. The molecular weight excluding hydrogens is 288 g/mol. The highest BCUT2D eigenvalue weighted by atomic mass is 79.9. The number of nitrogens with zero attached hydrogens (tertiary/aromatic N) is 3. The SMILES string of the molecule is BrC1C(Nc2nccs2)[C@H]2C[C@@H]1[C@@H]1N=N[C@@H]12. The lowest BCUT2D eigenvalue weighted by atomic mass is 9.86. The van der Waals surface area contributed by atoms with Gasteiger partial charge in [-0.3, -0.25) is 0 Å². The van der Waals surface area contributed by atoms with Crippen LogP contribution in [0.4, 0.5) is 5.13 Å². The van der Waals surface area contributed by atoms with E-state index in [4.69, 9.17) is 0 Å². The highest BCUT2D eigenvalue weighted by Crippen LogP contribution is 2.54. The van der Waals surface area contributed by atoms with Gasteiger partial charge in [0.25, 0.3) is 0 Å². The van der Waals surface area contributed by atoms with Crippen LogP contribution in [-0.4, -0.2) is 27.9 Å². The zero-order chi connectivity index (χ0) is 10.7. The molecule has 0 amide bonds. The van der Waals surface area contributed by atoms with Crippen molar-refractivity contribution in [1.82, 2.24) is 4.98 Å². The van der Waals surface area contributed by atoms with E-state index in [0.29, 0.717) is 34.8 Å². The molecular formula is C10H11BrN4S. The lowest BCUT2D eigenvalue weighted by Crippen LogP contribution is -2.50. The molecule has 1 N–H and O–H groups in total. The van der Waals surface area contributed by atoms with Crippen LogP contribution in [-0.2, 0) is 0 Å². The topological polar surface area (TPSA) is 49.6 Å². The number of hydrogen-bond donors (Lipinski definition) is 1. The van der Waals surface area contributed by atoms with Crippen molar-refractivity contribution in [2.75, 3.05) is 5.32 Å². The average Bonchev–Trinajstić information content (AvgIpc) is 2.85. The monoisotopic (exact) mass is 298 g/mol. The second-order valence-electron chi connectivity index (χ2n) is 4.73. The summed E-state index contributed by atoms with van der Waals surface area (Å²) < 4.78 is 0. The minimum Gasteiger partial charge on any atom is -0.357 e. The first-order valence-electron chi connectivity index (χ1n) is 5.54. The van der Waals surface area contributed by atoms with E-state index in [1.165, 1.54) is 6.42 Å². The standard InChI is InChI=1S/C10H11BrN4S/c11-6-4-3-5(9-8(4)14-15-9)7(6)13-10-12-1-2-16-10/h1-2,4-9H,3H2,(H,12,13)/t4-,5+,6?,7?,8-,9+/m0/s1. The first-order valence-corrected chi connectivity index (χ1v) is 7.34. The quantitative estimate of drug-likeness (QED) is 0.853. The number of fused-ring (bicyclic) bond motifs is 5. The van der Waals surface area contributed by atoms with Crippen LogP contribution in [0.5, 0.6) is 0 Å². The number of azo groups is 1. The average molecular weight is 299 g/mol. The normalized spacial score (nSPS) is 47.8. The summed E-state index contributed by atoms with van der Waals surface area (Å²) in [5.74, 6) is 1.31. The fraction of sp³-hybridized carbons (Fsp3) is 0.700. The third-order valence-corrected chi connectivity index (χ3v) is 5.99. The minimum absolute atomic E-state index is 0.469. The van der Waals surface area contributed by atoms with E-state index in [2.05, 4.69) is 36.5 Å². The summed E-state index contributed by atoms with van der Waals surface area (Å²) in [4.78, 5) is 4.81. The van der Waals surface area contributed by atoms with Gasteiger partial charge < -0.3 is 5.32 Å². The van der Waals surface area contributed by atoms with Gasteiger partial charge in [0.05, 0.1) is 6.04 Å². The molecule has 0 saturated heterocycles. The number of hydrogen-bond acceptors (Lipinski definition) is 5. The lowest BCUT2D eigenvalue weighted by Gasteiger charge is -2.38. The predicted octanol–water partition coefficient (Wildman–Crippen LogP) is 2.54. The van der Waals surface area contributed by atoms with Crippen LogP contribution in [0.3, 0.4) is 0 Å². The maximum absolute atomic E-state index is 4.29. The van der Waals surface area contributed by atoms with Gasteiger partial charge in [-0.05, 0) is 6.42 Å². The molecule has 16 heavy (non-hydrogen) atoms. The Kier molecular flexibility index (Phi) is 1.94. The molecule has 0 radical (unpaired) electrons. The van der Waals surface area contributed by atoms with Gasteiger partial charge in [-0.15, -0.1) is 11.3 Å². The van der Waals surface area contributed by atoms with Crippen molar-refractivity contribution in [2.24, 2.45) is 22.1 Å². The molecule has 0 aromatic carbocycles. The van der Waals surface area contributed by atoms with Crippen LogP contribution >= 0.6 is 27.3 Å². The summed E-state index contributed by atoms with van der Waals surface area (Å²) in [7, 11) is 0. The molecule has 1 aromatic rings. The second-order valence-corrected chi connectivity index (χ2v) is 6.68. The molecule has 2 saturated carbocycles. The maximum atomic E-state index is 4.29. The van der Waals surface area contributed by atoms with Crippen LogP contribution in [0.25, 0.3) is 0 Å². The van der Waals surface area contributed by atoms with E-state index in [1.807, 2.05) is 11.6 Å². The summed E-state index contributed by atoms with van der Waals surface area (Å²) in [5, 5.41) is 15.1. The van der Waals surface area contributed by atoms with Crippen molar-refractivity contribution in [2.45, 2.75) is 29.4 Å². The van der Waals surface area contributed by atoms with E-state index in [1.54, 1.807) is 11.3 Å². The molecule has 2 aliphatic carbocycles. The number of halogens is 1. The molecule has 6 heteroatoms. The number of aromatic nitrogens is 1. The first kappa shape index (κ1) is 9.53. The van der Waals surface area contributed by atoms with Crippen LogP contribution < -0.4 is 5.32 Å². The van der Waals surface area contributed by atoms with E-state index < -0.39 is 0 Å². The zero-order valence-corrected chi connectivity index (χ0v) is 10.9. The maximum Gasteiger partial charge on any atom is 0.182 e. The van der Waals surface area contributed by atoms with Crippen molar-refractivity contribution < 1.29 is 0 Å². The van der Waals surface area contributed by atoms with E-state index in [0.717, 1.165) is 5.13 Å². The predicted molar refractivity (Wildman–Crippen MR) is 66.3 cm³/mol. The van der Waals surface area contributed by atoms with E-state index in [9.17, 15) is 0 Å². The van der Waals surface area contributed by atoms with Gasteiger partial charge in [0.2, 0.25) is 0 Å². The molecule has 1 aliphatic heterocycles. The van der Waals surface area contributed by atoms with E-state index in [-0.39, 0.29) is 0 Å². The van der Waals surface area contributed by atoms with Crippen molar-refractivity contribution in [3.05, 3.63) is 11.6 Å². The largest absolute Gasteiger partial charge is 0.357 e. The smallest absolute Gasteiger partial charge is 0.182 e. The van der Waals surface area contributed by atoms with Gasteiger partial charge >= 0.3 is 0 Å². The van der Waals surface area contributed by atoms with Gasteiger partial charge in [0.15, 0.2) is 5.13 Å². The fourth-order valence-corrected chi connectivity index (χ4v) is 4.92. The van der Waals surface area contributed by atoms with Crippen LogP contribution in [0.1, 0.15) is 6.42 Å². The molecule has 2 fully saturated rings. The van der Waals surface area contributed by atoms with Crippen molar-refractivity contribution in [3.63, 3.8) is 0 Å².